The van der Waals surface area contributed by atoms with Crippen LogP contribution in [-0.4, -0.2) is 23.8 Å². The molecule has 2 aromatic rings. The SMILES string of the molecule is CCc1cc(OCCC(C)Oc2ccc(C(F)(F)F)cc2C2=COC=C(CC3=CC=CCC3)O2)ccc1CCC(=O)O. The van der Waals surface area contributed by atoms with E-state index in [-0.39, 0.29) is 29.6 Å². The second-order valence-electron chi connectivity index (χ2n) is 10.2. The molecular formula is C33H35F3O6. The van der Waals surface area contributed by atoms with Gasteiger partial charge in [0.15, 0.2) is 5.76 Å². The van der Waals surface area contributed by atoms with Gasteiger partial charge >= 0.3 is 12.1 Å². The van der Waals surface area contributed by atoms with Crippen LogP contribution in [0.25, 0.3) is 5.76 Å². The van der Waals surface area contributed by atoms with Gasteiger partial charge in [-0.05, 0) is 74.1 Å². The molecular weight excluding hydrogens is 549 g/mol. The first-order valence-electron chi connectivity index (χ1n) is 14.0. The highest BCUT2D eigenvalue weighted by atomic mass is 19.4. The van der Waals surface area contributed by atoms with E-state index in [1.54, 1.807) is 0 Å². The third kappa shape index (κ3) is 8.68. The largest absolute Gasteiger partial charge is 0.493 e. The van der Waals surface area contributed by atoms with Crippen LogP contribution >= 0.6 is 0 Å². The van der Waals surface area contributed by atoms with E-state index in [0.29, 0.717) is 37.4 Å². The minimum absolute atomic E-state index is 0.0648. The zero-order chi connectivity index (χ0) is 30.1. The minimum Gasteiger partial charge on any atom is -0.493 e. The fraction of sp³-hybridized carbons (Fsp3) is 0.364. The number of rotatable bonds is 13. The molecule has 1 unspecified atom stereocenters. The lowest BCUT2D eigenvalue weighted by Gasteiger charge is -2.23. The van der Waals surface area contributed by atoms with Crippen LogP contribution in [0.3, 0.4) is 0 Å². The van der Waals surface area contributed by atoms with Gasteiger partial charge in [0.1, 0.15) is 29.8 Å². The molecule has 0 saturated heterocycles. The summed E-state index contributed by atoms with van der Waals surface area (Å²) in [5.74, 6) is 0.697. The normalized spacial score (nSPS) is 15.5. The number of benzene rings is 2. The fourth-order valence-electron chi connectivity index (χ4n) is 4.71. The maximum absolute atomic E-state index is 13.6. The smallest absolute Gasteiger partial charge is 0.416 e. The standard InChI is InChI=1S/C33H35F3O6/c1-3-24-18-27(12-9-25(24)10-14-32(37)38)40-16-15-22(2)41-30-13-11-26(33(34,35)36)19-29(30)31-21-39-20-28(42-31)17-23-7-5-4-6-8-23/h4-5,7,9,11-13,18-22H,3,6,8,10,14-17H2,1-2H3,(H,37,38). The zero-order valence-electron chi connectivity index (χ0n) is 23.7. The van der Waals surface area contributed by atoms with Gasteiger partial charge in [0, 0.05) is 19.3 Å². The van der Waals surface area contributed by atoms with Crippen molar-refractivity contribution in [3.63, 3.8) is 0 Å². The summed E-state index contributed by atoms with van der Waals surface area (Å²) in [5.41, 5.74) is 2.47. The number of halogens is 3. The van der Waals surface area contributed by atoms with Crippen LogP contribution in [0.15, 0.2) is 78.5 Å². The van der Waals surface area contributed by atoms with Crippen LogP contribution < -0.4 is 9.47 Å². The molecule has 0 amide bonds. The summed E-state index contributed by atoms with van der Waals surface area (Å²) in [6.07, 6.45) is 7.88. The van der Waals surface area contributed by atoms with Crippen LogP contribution in [-0.2, 0) is 33.3 Å². The van der Waals surface area contributed by atoms with E-state index < -0.39 is 17.7 Å². The van der Waals surface area contributed by atoms with Gasteiger partial charge in [-0.1, -0.05) is 36.8 Å². The van der Waals surface area contributed by atoms with E-state index in [2.05, 4.69) is 6.08 Å². The Hall–Kier alpha value is -4.14. The molecule has 1 aliphatic heterocycles. The fourth-order valence-corrected chi connectivity index (χ4v) is 4.71. The molecule has 42 heavy (non-hydrogen) atoms. The highest BCUT2D eigenvalue weighted by Crippen LogP contribution is 2.38. The molecule has 6 nitrogen and oxygen atoms in total. The van der Waals surface area contributed by atoms with Crippen molar-refractivity contribution in [2.24, 2.45) is 0 Å². The summed E-state index contributed by atoms with van der Waals surface area (Å²) in [7, 11) is 0. The van der Waals surface area contributed by atoms with Gasteiger partial charge < -0.3 is 24.1 Å². The highest BCUT2D eigenvalue weighted by Gasteiger charge is 2.32. The van der Waals surface area contributed by atoms with Gasteiger partial charge in [0.2, 0.25) is 0 Å². The second kappa shape index (κ2) is 14.2. The molecule has 1 atom stereocenters. The summed E-state index contributed by atoms with van der Waals surface area (Å²) in [6, 6.07) is 8.91. The average molecular weight is 585 g/mol. The monoisotopic (exact) mass is 584 g/mol. The Bertz CT molecular complexity index is 1390. The van der Waals surface area contributed by atoms with Crippen LogP contribution in [0.2, 0.25) is 0 Å². The van der Waals surface area contributed by atoms with Crippen molar-refractivity contribution in [1.29, 1.82) is 0 Å². The topological polar surface area (TPSA) is 74.2 Å². The van der Waals surface area contributed by atoms with Gasteiger partial charge in [0.25, 0.3) is 0 Å². The summed E-state index contributed by atoms with van der Waals surface area (Å²) in [6.45, 7) is 4.13. The number of carboxylic acids is 1. The average Bonchev–Trinajstić information content (AvgIpc) is 2.96. The first kappa shape index (κ1) is 30.8. The zero-order valence-corrected chi connectivity index (χ0v) is 23.7. The van der Waals surface area contributed by atoms with E-state index in [9.17, 15) is 18.0 Å². The van der Waals surface area contributed by atoms with Crippen molar-refractivity contribution in [2.75, 3.05) is 6.61 Å². The minimum atomic E-state index is -4.54. The van der Waals surface area contributed by atoms with Crippen LogP contribution in [0.1, 0.15) is 68.2 Å². The molecule has 4 rings (SSSR count). The predicted octanol–water partition coefficient (Wildman–Crippen LogP) is 8.37. The van der Waals surface area contributed by atoms with E-state index in [4.69, 9.17) is 24.1 Å². The molecule has 9 heteroatoms. The Labute approximate surface area is 243 Å². The second-order valence-corrected chi connectivity index (χ2v) is 10.2. The molecule has 0 spiro atoms. The van der Waals surface area contributed by atoms with Gasteiger partial charge in [0.05, 0.1) is 23.8 Å². The molecule has 1 aliphatic carbocycles. The molecule has 224 valence electrons. The number of hydrogen-bond acceptors (Lipinski definition) is 5. The molecule has 0 saturated carbocycles. The molecule has 1 N–H and O–H groups in total. The third-order valence-corrected chi connectivity index (χ3v) is 6.98. The first-order chi connectivity index (χ1) is 20.1. The first-order valence-corrected chi connectivity index (χ1v) is 14.0. The molecule has 0 aromatic heterocycles. The molecule has 2 aromatic carbocycles. The van der Waals surface area contributed by atoms with Gasteiger partial charge in [-0.2, -0.15) is 13.2 Å². The number of allylic oxidation sites excluding steroid dienone is 4. The third-order valence-electron chi connectivity index (χ3n) is 6.98. The van der Waals surface area contributed by atoms with Crippen molar-refractivity contribution in [2.45, 2.75) is 71.1 Å². The number of alkyl halides is 3. The Balaban J connectivity index is 1.41. The summed E-state index contributed by atoms with van der Waals surface area (Å²) in [4.78, 5) is 10.9. The predicted molar refractivity (Wildman–Crippen MR) is 153 cm³/mol. The van der Waals surface area contributed by atoms with Gasteiger partial charge in [-0.3, -0.25) is 4.79 Å². The lowest BCUT2D eigenvalue weighted by Crippen LogP contribution is -2.17. The van der Waals surface area contributed by atoms with Crippen LogP contribution in [0.5, 0.6) is 11.5 Å². The van der Waals surface area contributed by atoms with Crippen molar-refractivity contribution >= 4 is 11.7 Å². The molecule has 0 bridgehead atoms. The van der Waals surface area contributed by atoms with E-state index in [0.717, 1.165) is 48.1 Å². The molecule has 0 radical (unpaired) electrons. The van der Waals surface area contributed by atoms with Crippen LogP contribution in [0.4, 0.5) is 13.2 Å². The number of aliphatic carboxylic acids is 1. The number of aryl methyl sites for hydroxylation is 2. The molecule has 0 fully saturated rings. The summed E-state index contributed by atoms with van der Waals surface area (Å²) >= 11 is 0. The Morgan fingerprint density at radius 3 is 2.67 bits per heavy atom. The van der Waals surface area contributed by atoms with E-state index >= 15 is 0 Å². The highest BCUT2D eigenvalue weighted by molar-refractivity contribution is 5.68. The van der Waals surface area contributed by atoms with Crippen molar-refractivity contribution in [3.8, 4) is 11.5 Å². The van der Waals surface area contributed by atoms with E-state index in [1.165, 1.54) is 18.6 Å². The number of hydrogen-bond donors (Lipinski definition) is 1. The number of carboxylic acid groups (broad SMARTS) is 1. The lowest BCUT2D eigenvalue weighted by atomic mass is 10.0. The quantitative estimate of drug-likeness (QED) is 0.255. The molecule has 1 heterocycles. The number of carbonyl (C=O) groups is 1. The Morgan fingerprint density at radius 2 is 1.95 bits per heavy atom. The van der Waals surface area contributed by atoms with E-state index in [1.807, 2.05) is 44.2 Å². The Kier molecular flexibility index (Phi) is 10.4. The van der Waals surface area contributed by atoms with Gasteiger partial charge in [-0.25, -0.2) is 0 Å². The van der Waals surface area contributed by atoms with Crippen molar-refractivity contribution < 1.29 is 42.0 Å². The van der Waals surface area contributed by atoms with Gasteiger partial charge in [-0.15, -0.1) is 0 Å². The Morgan fingerprint density at radius 1 is 1.12 bits per heavy atom. The van der Waals surface area contributed by atoms with Crippen molar-refractivity contribution in [3.05, 3.63) is 101 Å². The maximum atomic E-state index is 13.6. The summed E-state index contributed by atoms with van der Waals surface area (Å²) in [5, 5.41) is 8.97. The number of ether oxygens (including phenoxy) is 4. The van der Waals surface area contributed by atoms with Crippen LogP contribution in [0, 0.1) is 0 Å². The lowest BCUT2D eigenvalue weighted by molar-refractivity contribution is -0.138. The molecule has 2 aliphatic rings. The summed E-state index contributed by atoms with van der Waals surface area (Å²) < 4.78 is 64.3. The maximum Gasteiger partial charge on any atom is 0.416 e. The van der Waals surface area contributed by atoms with Crippen molar-refractivity contribution in [1.82, 2.24) is 0 Å².